The van der Waals surface area contributed by atoms with E-state index < -0.39 is 0 Å². The van der Waals surface area contributed by atoms with Crippen LogP contribution in [0.15, 0.2) is 6.07 Å². The molecule has 0 N–H and O–H groups in total. The van der Waals surface area contributed by atoms with Crippen molar-refractivity contribution in [1.29, 1.82) is 0 Å². The van der Waals surface area contributed by atoms with Gasteiger partial charge < -0.3 is 0 Å². The number of hydrogen-bond donors (Lipinski definition) is 1. The maximum absolute atomic E-state index is 4.59. The smallest absolute Gasteiger partial charge is 0.0624 e. The molecule has 0 saturated carbocycles. The molecule has 0 bridgehead atoms. The van der Waals surface area contributed by atoms with Crippen molar-refractivity contribution in [3.63, 3.8) is 0 Å². The molecule has 15 heavy (non-hydrogen) atoms. The third-order valence-corrected chi connectivity index (χ3v) is 2.98. The van der Waals surface area contributed by atoms with Crippen LogP contribution in [0.25, 0.3) is 0 Å². The minimum atomic E-state index is 1.000. The topological polar surface area (TPSA) is 17.8 Å². The second-order valence-corrected chi connectivity index (χ2v) is 4.29. The van der Waals surface area contributed by atoms with Crippen molar-refractivity contribution in [1.82, 2.24) is 9.78 Å². The number of hydrogen-bond acceptors (Lipinski definition) is 2. The van der Waals surface area contributed by atoms with Gasteiger partial charge >= 0.3 is 0 Å². The van der Waals surface area contributed by atoms with Crippen LogP contribution in [0.5, 0.6) is 0 Å². The predicted molar refractivity (Wildman–Crippen MR) is 68.7 cm³/mol. The standard InChI is InChI=1S/C12H22N2S/c1-3-11-10-12(4-2)14(13-11)8-6-5-7-9-15/h10,15H,3-9H2,1-2H3. The van der Waals surface area contributed by atoms with Gasteiger partial charge in [-0.2, -0.15) is 17.7 Å². The fourth-order valence-electron chi connectivity index (χ4n) is 1.72. The van der Waals surface area contributed by atoms with E-state index in [1.807, 2.05) is 0 Å². The van der Waals surface area contributed by atoms with Crippen LogP contribution in [-0.2, 0) is 19.4 Å². The third kappa shape index (κ3) is 3.90. The molecular weight excluding hydrogens is 204 g/mol. The summed E-state index contributed by atoms with van der Waals surface area (Å²) in [6, 6.07) is 2.23. The molecule has 0 spiro atoms. The van der Waals surface area contributed by atoms with Crippen molar-refractivity contribution in [2.24, 2.45) is 0 Å². The summed E-state index contributed by atoms with van der Waals surface area (Å²) in [6.45, 7) is 5.42. The Balaban J connectivity index is 2.47. The predicted octanol–water partition coefficient (Wildman–Crippen LogP) is 3.11. The average Bonchev–Trinajstić information content (AvgIpc) is 2.67. The lowest BCUT2D eigenvalue weighted by Gasteiger charge is -2.04. The summed E-state index contributed by atoms with van der Waals surface area (Å²) in [7, 11) is 0. The average molecular weight is 226 g/mol. The van der Waals surface area contributed by atoms with Crippen molar-refractivity contribution in [3.05, 3.63) is 17.5 Å². The zero-order valence-electron chi connectivity index (χ0n) is 9.87. The van der Waals surface area contributed by atoms with E-state index in [1.165, 1.54) is 30.7 Å². The van der Waals surface area contributed by atoms with E-state index in [-0.39, 0.29) is 0 Å². The van der Waals surface area contributed by atoms with Gasteiger partial charge in [0.15, 0.2) is 0 Å². The Morgan fingerprint density at radius 2 is 2.00 bits per heavy atom. The zero-order valence-corrected chi connectivity index (χ0v) is 10.8. The molecule has 0 aromatic carbocycles. The molecule has 0 radical (unpaired) electrons. The van der Waals surface area contributed by atoms with Gasteiger partial charge in [-0.15, -0.1) is 0 Å². The van der Waals surface area contributed by atoms with Crippen molar-refractivity contribution in [2.75, 3.05) is 5.75 Å². The highest BCUT2D eigenvalue weighted by Gasteiger charge is 2.04. The molecule has 1 aromatic heterocycles. The van der Waals surface area contributed by atoms with Crippen molar-refractivity contribution in [2.45, 2.75) is 52.5 Å². The fourth-order valence-corrected chi connectivity index (χ4v) is 1.94. The molecule has 86 valence electrons. The molecule has 0 fully saturated rings. The Kier molecular flexibility index (Phi) is 5.84. The van der Waals surface area contributed by atoms with Crippen molar-refractivity contribution >= 4 is 12.6 Å². The first-order valence-corrected chi connectivity index (χ1v) is 6.61. The lowest BCUT2D eigenvalue weighted by Crippen LogP contribution is -2.04. The van der Waals surface area contributed by atoms with Gasteiger partial charge in [0.05, 0.1) is 5.69 Å². The molecule has 0 amide bonds. The first-order valence-electron chi connectivity index (χ1n) is 5.98. The van der Waals surface area contributed by atoms with Crippen LogP contribution >= 0.6 is 12.6 Å². The lowest BCUT2D eigenvalue weighted by molar-refractivity contribution is 0.533. The molecule has 1 rings (SSSR count). The number of thiol groups is 1. The van der Waals surface area contributed by atoms with Gasteiger partial charge in [0.1, 0.15) is 0 Å². The van der Waals surface area contributed by atoms with E-state index in [9.17, 15) is 0 Å². The second kappa shape index (κ2) is 6.94. The highest BCUT2D eigenvalue weighted by atomic mass is 32.1. The second-order valence-electron chi connectivity index (χ2n) is 3.84. The highest BCUT2D eigenvalue weighted by molar-refractivity contribution is 7.80. The van der Waals surface area contributed by atoms with Crippen LogP contribution in [0.1, 0.15) is 44.5 Å². The van der Waals surface area contributed by atoms with E-state index in [0.29, 0.717) is 0 Å². The van der Waals surface area contributed by atoms with Gasteiger partial charge in [-0.1, -0.05) is 20.3 Å². The fraction of sp³-hybridized carbons (Fsp3) is 0.750. The summed E-state index contributed by atoms with van der Waals surface area (Å²) in [5.41, 5.74) is 2.60. The SMILES string of the molecule is CCc1cc(CC)n(CCCCCS)n1. The molecular formula is C12H22N2S. The number of unbranched alkanes of at least 4 members (excludes halogenated alkanes) is 2. The van der Waals surface area contributed by atoms with Crippen LogP contribution in [0.2, 0.25) is 0 Å². The third-order valence-electron chi connectivity index (χ3n) is 2.67. The van der Waals surface area contributed by atoms with E-state index in [1.54, 1.807) is 0 Å². The molecule has 0 atom stereocenters. The molecule has 1 heterocycles. The number of rotatable bonds is 7. The summed E-state index contributed by atoms with van der Waals surface area (Å²) in [6.07, 6.45) is 5.81. The van der Waals surface area contributed by atoms with Crippen LogP contribution in [0, 0.1) is 0 Å². The summed E-state index contributed by atoms with van der Waals surface area (Å²) in [5, 5.41) is 4.59. The molecule has 1 aromatic rings. The number of aromatic nitrogens is 2. The summed E-state index contributed by atoms with van der Waals surface area (Å²) in [4.78, 5) is 0. The van der Waals surface area contributed by atoms with Crippen molar-refractivity contribution in [3.8, 4) is 0 Å². The maximum Gasteiger partial charge on any atom is 0.0624 e. The van der Waals surface area contributed by atoms with Crippen molar-refractivity contribution < 1.29 is 0 Å². The molecule has 0 aliphatic carbocycles. The summed E-state index contributed by atoms with van der Waals surface area (Å²) >= 11 is 4.22. The Morgan fingerprint density at radius 3 is 2.60 bits per heavy atom. The molecule has 3 heteroatoms. The first kappa shape index (κ1) is 12.6. The number of aryl methyl sites for hydroxylation is 3. The van der Waals surface area contributed by atoms with Gasteiger partial charge in [0.25, 0.3) is 0 Å². The minimum absolute atomic E-state index is 1.000. The summed E-state index contributed by atoms with van der Waals surface area (Å²) in [5.74, 6) is 1.000. The highest BCUT2D eigenvalue weighted by Crippen LogP contribution is 2.08. The van der Waals surface area contributed by atoms with Crippen LogP contribution < -0.4 is 0 Å². The number of nitrogens with zero attached hydrogens (tertiary/aromatic N) is 2. The Morgan fingerprint density at radius 1 is 1.20 bits per heavy atom. The van der Waals surface area contributed by atoms with Gasteiger partial charge in [-0.25, -0.2) is 0 Å². The normalized spacial score (nSPS) is 10.9. The molecule has 2 nitrogen and oxygen atoms in total. The quantitative estimate of drug-likeness (QED) is 0.559. The Bertz CT molecular complexity index is 281. The Labute approximate surface area is 98.5 Å². The van der Waals surface area contributed by atoms with E-state index >= 15 is 0 Å². The van der Waals surface area contributed by atoms with Gasteiger partial charge in [-0.3, -0.25) is 4.68 Å². The van der Waals surface area contributed by atoms with Gasteiger partial charge in [0, 0.05) is 12.2 Å². The summed E-state index contributed by atoms with van der Waals surface area (Å²) < 4.78 is 2.18. The largest absolute Gasteiger partial charge is 0.269 e. The zero-order chi connectivity index (χ0) is 11.1. The molecule has 0 aliphatic rings. The Hall–Kier alpha value is -0.440. The van der Waals surface area contributed by atoms with Crippen LogP contribution in [-0.4, -0.2) is 15.5 Å². The van der Waals surface area contributed by atoms with E-state index in [0.717, 1.165) is 25.1 Å². The monoisotopic (exact) mass is 226 g/mol. The van der Waals surface area contributed by atoms with E-state index in [2.05, 4.69) is 42.3 Å². The van der Waals surface area contributed by atoms with Gasteiger partial charge in [0.2, 0.25) is 0 Å². The first-order chi connectivity index (χ1) is 7.31. The van der Waals surface area contributed by atoms with Crippen LogP contribution in [0.3, 0.4) is 0 Å². The lowest BCUT2D eigenvalue weighted by atomic mass is 10.2. The molecule has 0 saturated heterocycles. The minimum Gasteiger partial charge on any atom is -0.269 e. The maximum atomic E-state index is 4.59. The van der Waals surface area contributed by atoms with Gasteiger partial charge in [-0.05, 0) is 37.5 Å². The molecule has 0 aliphatic heterocycles. The molecule has 0 unspecified atom stereocenters. The van der Waals surface area contributed by atoms with E-state index in [4.69, 9.17) is 0 Å². The van der Waals surface area contributed by atoms with Crippen LogP contribution in [0.4, 0.5) is 0 Å².